The lowest BCUT2D eigenvalue weighted by atomic mass is 10.1. The normalized spacial score (nSPS) is 11.3. The maximum atomic E-state index is 13.4. The summed E-state index contributed by atoms with van der Waals surface area (Å²) in [6, 6.07) is 20.6. The SMILES string of the molecule is COc1ccc(/C=N\NC(=O)CN(c2ccc(C)cc2C)S(=O)(=O)c2ccccc2)cc1. The number of carbonyl (C=O) groups excluding carboxylic acids is 1. The van der Waals surface area contributed by atoms with Gasteiger partial charge >= 0.3 is 0 Å². The summed E-state index contributed by atoms with van der Waals surface area (Å²) < 4.78 is 32.9. The molecule has 0 fully saturated rings. The number of aryl methyl sites for hydroxylation is 2. The summed E-state index contributed by atoms with van der Waals surface area (Å²) in [6.07, 6.45) is 1.48. The van der Waals surface area contributed by atoms with Gasteiger partial charge < -0.3 is 4.74 Å². The number of amides is 1. The highest BCUT2D eigenvalue weighted by Crippen LogP contribution is 2.27. The van der Waals surface area contributed by atoms with Gasteiger partial charge in [-0.1, -0.05) is 35.9 Å². The van der Waals surface area contributed by atoms with Crippen molar-refractivity contribution >= 4 is 27.8 Å². The monoisotopic (exact) mass is 451 g/mol. The summed E-state index contributed by atoms with van der Waals surface area (Å²) in [7, 11) is -2.38. The summed E-state index contributed by atoms with van der Waals surface area (Å²) >= 11 is 0. The highest BCUT2D eigenvalue weighted by Gasteiger charge is 2.28. The van der Waals surface area contributed by atoms with E-state index in [1.54, 1.807) is 55.6 Å². The Bertz CT molecular complexity index is 1210. The van der Waals surface area contributed by atoms with Gasteiger partial charge in [-0.25, -0.2) is 13.8 Å². The van der Waals surface area contributed by atoms with E-state index in [0.29, 0.717) is 11.4 Å². The van der Waals surface area contributed by atoms with E-state index in [1.165, 1.54) is 18.3 Å². The maximum absolute atomic E-state index is 13.4. The molecule has 0 saturated carbocycles. The van der Waals surface area contributed by atoms with Crippen molar-refractivity contribution in [1.82, 2.24) is 5.43 Å². The topological polar surface area (TPSA) is 88.1 Å². The van der Waals surface area contributed by atoms with E-state index >= 15 is 0 Å². The van der Waals surface area contributed by atoms with Crippen LogP contribution in [-0.2, 0) is 14.8 Å². The Morgan fingerprint density at radius 1 is 1.03 bits per heavy atom. The van der Waals surface area contributed by atoms with Gasteiger partial charge in [-0.2, -0.15) is 5.10 Å². The minimum absolute atomic E-state index is 0.106. The standard InChI is InChI=1S/C24H25N3O4S/c1-18-9-14-23(19(2)15-18)27(32(29,30)22-7-5-4-6-8-22)17-24(28)26-25-16-20-10-12-21(31-3)13-11-20/h4-16H,17H2,1-3H3,(H,26,28)/b25-16-. The second-order valence-corrected chi connectivity index (χ2v) is 9.04. The molecule has 0 aliphatic carbocycles. The molecule has 0 heterocycles. The fourth-order valence-corrected chi connectivity index (χ4v) is 4.65. The lowest BCUT2D eigenvalue weighted by Gasteiger charge is -2.25. The Labute approximate surface area is 188 Å². The summed E-state index contributed by atoms with van der Waals surface area (Å²) in [6.45, 7) is 3.32. The number of ether oxygens (including phenoxy) is 1. The van der Waals surface area contributed by atoms with Crippen molar-refractivity contribution in [2.75, 3.05) is 18.0 Å². The van der Waals surface area contributed by atoms with Crippen molar-refractivity contribution in [1.29, 1.82) is 0 Å². The number of benzene rings is 3. The molecule has 0 spiro atoms. The molecule has 8 heteroatoms. The van der Waals surface area contributed by atoms with Crippen LogP contribution in [0.4, 0.5) is 5.69 Å². The molecule has 1 N–H and O–H groups in total. The van der Waals surface area contributed by atoms with E-state index in [1.807, 2.05) is 26.0 Å². The summed E-state index contributed by atoms with van der Waals surface area (Å²) in [4.78, 5) is 12.7. The van der Waals surface area contributed by atoms with Crippen LogP contribution >= 0.6 is 0 Å². The fourth-order valence-electron chi connectivity index (χ4n) is 3.14. The second-order valence-electron chi connectivity index (χ2n) is 7.18. The molecule has 0 aliphatic heterocycles. The van der Waals surface area contributed by atoms with Crippen molar-refractivity contribution in [2.45, 2.75) is 18.7 Å². The van der Waals surface area contributed by atoms with Crippen molar-refractivity contribution in [3.05, 3.63) is 89.5 Å². The molecule has 0 saturated heterocycles. The molecule has 0 radical (unpaired) electrons. The van der Waals surface area contributed by atoms with E-state index in [-0.39, 0.29) is 4.90 Å². The Morgan fingerprint density at radius 3 is 2.34 bits per heavy atom. The first-order valence-corrected chi connectivity index (χ1v) is 11.4. The first-order chi connectivity index (χ1) is 15.3. The minimum atomic E-state index is -3.96. The number of rotatable bonds is 8. The number of carbonyl (C=O) groups is 1. The smallest absolute Gasteiger partial charge is 0.264 e. The third kappa shape index (κ3) is 5.53. The Morgan fingerprint density at radius 2 is 1.72 bits per heavy atom. The molecule has 166 valence electrons. The van der Waals surface area contributed by atoms with E-state index < -0.39 is 22.5 Å². The number of methoxy groups -OCH3 is 1. The predicted octanol–water partition coefficient (Wildman–Crippen LogP) is 3.66. The number of hydrazone groups is 1. The highest BCUT2D eigenvalue weighted by molar-refractivity contribution is 7.92. The lowest BCUT2D eigenvalue weighted by molar-refractivity contribution is -0.119. The van der Waals surface area contributed by atoms with Gasteiger partial charge in [-0.3, -0.25) is 9.10 Å². The lowest BCUT2D eigenvalue weighted by Crippen LogP contribution is -2.40. The van der Waals surface area contributed by atoms with Crippen LogP contribution in [-0.4, -0.2) is 34.2 Å². The van der Waals surface area contributed by atoms with Gasteiger partial charge in [0, 0.05) is 0 Å². The Hall–Kier alpha value is -3.65. The molecule has 1 amide bonds. The molecule has 0 unspecified atom stereocenters. The maximum Gasteiger partial charge on any atom is 0.264 e. The van der Waals surface area contributed by atoms with Crippen LogP contribution in [0.1, 0.15) is 16.7 Å². The number of sulfonamides is 1. The first-order valence-electron chi connectivity index (χ1n) is 9.92. The summed E-state index contributed by atoms with van der Waals surface area (Å²) in [5.41, 5.74) is 5.35. The molecular formula is C24H25N3O4S. The van der Waals surface area contributed by atoms with Crippen molar-refractivity contribution in [3.63, 3.8) is 0 Å². The summed E-state index contributed by atoms with van der Waals surface area (Å²) in [5.74, 6) is 0.149. The number of nitrogens with one attached hydrogen (secondary N) is 1. The van der Waals surface area contributed by atoms with Gasteiger partial charge in [-0.15, -0.1) is 0 Å². The number of hydrogen-bond donors (Lipinski definition) is 1. The zero-order valence-corrected chi connectivity index (χ0v) is 19.0. The third-order valence-electron chi connectivity index (χ3n) is 4.76. The minimum Gasteiger partial charge on any atom is -0.497 e. The average molecular weight is 452 g/mol. The van der Waals surface area contributed by atoms with E-state index in [9.17, 15) is 13.2 Å². The van der Waals surface area contributed by atoms with Crippen molar-refractivity contribution < 1.29 is 17.9 Å². The summed E-state index contributed by atoms with van der Waals surface area (Å²) in [5, 5.41) is 3.95. The van der Waals surface area contributed by atoms with Gasteiger partial charge in [0.1, 0.15) is 12.3 Å². The zero-order valence-electron chi connectivity index (χ0n) is 18.1. The molecule has 3 aromatic rings. The average Bonchev–Trinajstić information content (AvgIpc) is 2.79. The molecule has 0 atom stereocenters. The van der Waals surface area contributed by atoms with Gasteiger partial charge in [0.25, 0.3) is 15.9 Å². The quantitative estimate of drug-likeness (QED) is 0.418. The van der Waals surface area contributed by atoms with Crippen LogP contribution in [0.15, 0.2) is 82.8 Å². The Balaban J connectivity index is 1.83. The predicted molar refractivity (Wildman–Crippen MR) is 126 cm³/mol. The van der Waals surface area contributed by atoms with Crippen LogP contribution in [0.3, 0.4) is 0 Å². The molecule has 32 heavy (non-hydrogen) atoms. The van der Waals surface area contributed by atoms with Crippen molar-refractivity contribution in [2.24, 2.45) is 5.10 Å². The second kappa shape index (κ2) is 10.1. The van der Waals surface area contributed by atoms with Crippen molar-refractivity contribution in [3.8, 4) is 5.75 Å². The van der Waals surface area contributed by atoms with Gasteiger partial charge in [0.2, 0.25) is 0 Å². The molecular weight excluding hydrogens is 426 g/mol. The molecule has 0 bridgehead atoms. The van der Waals surface area contributed by atoms with E-state index in [2.05, 4.69) is 10.5 Å². The fraction of sp³-hybridized carbons (Fsp3) is 0.167. The van der Waals surface area contributed by atoms with Gasteiger partial charge in [-0.05, 0) is 67.4 Å². The number of hydrogen-bond acceptors (Lipinski definition) is 5. The first kappa shape index (κ1) is 23.0. The van der Waals surface area contributed by atoms with Gasteiger partial charge in [0.05, 0.1) is 23.9 Å². The third-order valence-corrected chi connectivity index (χ3v) is 6.53. The van der Waals surface area contributed by atoms with E-state index in [0.717, 1.165) is 21.0 Å². The molecule has 0 aliphatic rings. The zero-order chi connectivity index (χ0) is 23.1. The molecule has 0 aromatic heterocycles. The van der Waals surface area contributed by atoms with Gasteiger partial charge in [0.15, 0.2) is 0 Å². The largest absolute Gasteiger partial charge is 0.497 e. The molecule has 7 nitrogen and oxygen atoms in total. The van der Waals surface area contributed by atoms with Crippen LogP contribution < -0.4 is 14.5 Å². The van der Waals surface area contributed by atoms with Crippen LogP contribution in [0, 0.1) is 13.8 Å². The van der Waals surface area contributed by atoms with Crippen LogP contribution in [0.5, 0.6) is 5.75 Å². The number of anilines is 1. The highest BCUT2D eigenvalue weighted by atomic mass is 32.2. The Kier molecular flexibility index (Phi) is 7.27. The molecule has 3 aromatic carbocycles. The molecule has 3 rings (SSSR count). The number of nitrogens with zero attached hydrogens (tertiary/aromatic N) is 2. The van der Waals surface area contributed by atoms with Crippen LogP contribution in [0.25, 0.3) is 0 Å². The van der Waals surface area contributed by atoms with E-state index in [4.69, 9.17) is 4.74 Å². The van der Waals surface area contributed by atoms with Crippen LogP contribution in [0.2, 0.25) is 0 Å².